The molecule has 4 nitrogen and oxygen atoms in total. The fourth-order valence-electron chi connectivity index (χ4n) is 2.94. The van der Waals surface area contributed by atoms with Crippen LogP contribution in [0, 0.1) is 5.41 Å². The molecule has 0 radical (unpaired) electrons. The van der Waals surface area contributed by atoms with Crippen LogP contribution in [-0.4, -0.2) is 13.0 Å². The summed E-state index contributed by atoms with van der Waals surface area (Å²) in [6.45, 7) is 6.68. The Kier molecular flexibility index (Phi) is 4.97. The molecule has 3 rings (SSSR count). The maximum atomic E-state index is 13.0. The quantitative estimate of drug-likeness (QED) is 0.686. The van der Waals surface area contributed by atoms with Crippen LogP contribution in [0.5, 0.6) is 0 Å². The molecule has 3 aromatic rings. The molecule has 0 aliphatic rings. The molecule has 0 aliphatic heterocycles. The second kappa shape index (κ2) is 7.02. The molecule has 1 N–H and O–H groups in total. The van der Waals surface area contributed by atoms with Gasteiger partial charge < -0.3 is 14.5 Å². The Morgan fingerprint density at radius 2 is 2.00 bits per heavy atom. The minimum absolute atomic E-state index is 0.0939. The highest BCUT2D eigenvalue weighted by atomic mass is 32.1. The van der Waals surface area contributed by atoms with Crippen LogP contribution in [0.15, 0.2) is 46.2 Å². The van der Waals surface area contributed by atoms with Gasteiger partial charge in [-0.15, -0.1) is 11.3 Å². The van der Waals surface area contributed by atoms with E-state index in [0.29, 0.717) is 18.0 Å². The maximum absolute atomic E-state index is 13.0. The first-order valence-corrected chi connectivity index (χ1v) is 9.13. The van der Waals surface area contributed by atoms with Crippen LogP contribution < -0.4 is 5.32 Å². The Labute approximate surface area is 151 Å². The van der Waals surface area contributed by atoms with Gasteiger partial charge >= 0.3 is 0 Å². The van der Waals surface area contributed by atoms with Gasteiger partial charge in [-0.1, -0.05) is 45.0 Å². The van der Waals surface area contributed by atoms with E-state index in [9.17, 15) is 4.79 Å². The largest absolute Gasteiger partial charge is 0.451 e. The van der Waals surface area contributed by atoms with Gasteiger partial charge in [0.15, 0.2) is 5.76 Å². The molecular weight excluding hydrogens is 334 g/mol. The third-order valence-corrected chi connectivity index (χ3v) is 5.10. The molecule has 1 unspecified atom stereocenters. The minimum Gasteiger partial charge on any atom is -0.451 e. The lowest BCUT2D eigenvalue weighted by Gasteiger charge is -2.30. The number of fused-ring (bicyclic) bond motifs is 1. The summed E-state index contributed by atoms with van der Waals surface area (Å²) in [7, 11) is 1.62. The second-order valence-corrected chi connectivity index (χ2v) is 8.11. The van der Waals surface area contributed by atoms with Crippen molar-refractivity contribution in [1.82, 2.24) is 5.32 Å². The van der Waals surface area contributed by atoms with E-state index < -0.39 is 0 Å². The summed E-state index contributed by atoms with van der Waals surface area (Å²) < 4.78 is 11.1. The standard InChI is InChI=1S/C20H23NO3S/c1-20(2,3)18(16-10-7-11-25-16)21-19(22)17-14(12-23-4)13-8-5-6-9-15(13)24-17/h5-11,18H,12H2,1-4H3,(H,21,22). The van der Waals surface area contributed by atoms with Crippen molar-refractivity contribution in [2.45, 2.75) is 33.4 Å². The SMILES string of the molecule is COCc1c(C(=O)NC(c2cccs2)C(C)(C)C)oc2ccccc12. The smallest absolute Gasteiger partial charge is 0.287 e. The van der Waals surface area contributed by atoms with E-state index in [1.165, 1.54) is 0 Å². The number of benzene rings is 1. The first-order chi connectivity index (χ1) is 11.9. The van der Waals surface area contributed by atoms with Crippen molar-refractivity contribution < 1.29 is 13.9 Å². The molecule has 2 heterocycles. The number of furan rings is 1. The van der Waals surface area contributed by atoms with Gasteiger partial charge in [0, 0.05) is 22.9 Å². The van der Waals surface area contributed by atoms with Crippen molar-refractivity contribution in [3.8, 4) is 0 Å². The van der Waals surface area contributed by atoms with Gasteiger partial charge in [-0.25, -0.2) is 0 Å². The molecule has 0 saturated carbocycles. The highest BCUT2D eigenvalue weighted by molar-refractivity contribution is 7.10. The number of carbonyl (C=O) groups is 1. The zero-order chi connectivity index (χ0) is 18.0. The number of ether oxygens (including phenoxy) is 1. The van der Waals surface area contributed by atoms with Crippen LogP contribution in [0.4, 0.5) is 0 Å². The van der Waals surface area contributed by atoms with E-state index in [-0.39, 0.29) is 17.4 Å². The molecule has 0 fully saturated rings. The summed E-state index contributed by atoms with van der Waals surface area (Å²) >= 11 is 1.64. The molecule has 25 heavy (non-hydrogen) atoms. The Bertz CT molecular complexity index is 859. The van der Waals surface area contributed by atoms with Crippen molar-refractivity contribution >= 4 is 28.2 Å². The first-order valence-electron chi connectivity index (χ1n) is 8.25. The fraction of sp³-hybridized carbons (Fsp3) is 0.350. The van der Waals surface area contributed by atoms with E-state index >= 15 is 0 Å². The summed E-state index contributed by atoms with van der Waals surface area (Å²) in [5, 5.41) is 6.10. The van der Waals surface area contributed by atoms with E-state index in [1.807, 2.05) is 35.7 Å². The third kappa shape index (κ3) is 3.62. The highest BCUT2D eigenvalue weighted by Gasteiger charge is 2.31. The lowest BCUT2D eigenvalue weighted by molar-refractivity contribution is 0.0871. The summed E-state index contributed by atoms with van der Waals surface area (Å²) in [5.74, 6) is 0.116. The second-order valence-electron chi connectivity index (χ2n) is 7.13. The van der Waals surface area contributed by atoms with Crippen molar-refractivity contribution in [2.24, 2.45) is 5.41 Å². The van der Waals surface area contributed by atoms with Crippen LogP contribution in [0.2, 0.25) is 0 Å². The Morgan fingerprint density at radius 1 is 1.24 bits per heavy atom. The van der Waals surface area contributed by atoms with E-state index in [0.717, 1.165) is 15.8 Å². The topological polar surface area (TPSA) is 51.5 Å². The molecule has 5 heteroatoms. The van der Waals surface area contributed by atoms with Gasteiger partial charge in [0.2, 0.25) is 0 Å². The number of thiophene rings is 1. The molecule has 1 aromatic carbocycles. The van der Waals surface area contributed by atoms with Crippen LogP contribution in [0.25, 0.3) is 11.0 Å². The van der Waals surface area contributed by atoms with Gasteiger partial charge in [-0.2, -0.15) is 0 Å². The van der Waals surface area contributed by atoms with Gasteiger partial charge in [-0.05, 0) is 22.9 Å². The van der Waals surface area contributed by atoms with Crippen LogP contribution in [0.1, 0.15) is 47.8 Å². The molecule has 1 atom stereocenters. The third-order valence-electron chi connectivity index (χ3n) is 4.16. The molecule has 0 saturated heterocycles. The average Bonchev–Trinajstić information content (AvgIpc) is 3.20. The molecule has 0 spiro atoms. The van der Waals surface area contributed by atoms with Crippen LogP contribution in [-0.2, 0) is 11.3 Å². The number of hydrogen-bond donors (Lipinski definition) is 1. The first kappa shape index (κ1) is 17.7. The lowest BCUT2D eigenvalue weighted by atomic mass is 9.85. The molecule has 0 aliphatic carbocycles. The van der Waals surface area contributed by atoms with Crippen molar-refractivity contribution in [3.05, 3.63) is 58.0 Å². The summed E-state index contributed by atoms with van der Waals surface area (Å²) in [6.07, 6.45) is 0. The lowest BCUT2D eigenvalue weighted by Crippen LogP contribution is -2.36. The summed E-state index contributed by atoms with van der Waals surface area (Å²) in [5.41, 5.74) is 1.37. The number of nitrogens with one attached hydrogen (secondary N) is 1. The number of amides is 1. The van der Waals surface area contributed by atoms with E-state index in [2.05, 4.69) is 32.2 Å². The van der Waals surface area contributed by atoms with Gasteiger partial charge in [0.05, 0.1) is 12.6 Å². The number of rotatable bonds is 5. The zero-order valence-electron chi connectivity index (χ0n) is 15.0. The number of carbonyl (C=O) groups excluding carboxylic acids is 1. The predicted molar refractivity (Wildman–Crippen MR) is 101 cm³/mol. The van der Waals surface area contributed by atoms with Gasteiger partial charge in [0.25, 0.3) is 5.91 Å². The fourth-order valence-corrected chi connectivity index (χ4v) is 3.96. The minimum atomic E-state index is -0.212. The molecule has 2 aromatic heterocycles. The molecular formula is C20H23NO3S. The number of hydrogen-bond acceptors (Lipinski definition) is 4. The Balaban J connectivity index is 1.97. The van der Waals surface area contributed by atoms with Crippen molar-refractivity contribution in [2.75, 3.05) is 7.11 Å². The molecule has 132 valence electrons. The predicted octanol–water partition coefficient (Wildman–Crippen LogP) is 5.16. The van der Waals surface area contributed by atoms with Crippen LogP contribution >= 0.6 is 11.3 Å². The summed E-state index contributed by atoms with van der Waals surface area (Å²) in [6, 6.07) is 11.6. The van der Waals surface area contributed by atoms with Crippen molar-refractivity contribution in [3.63, 3.8) is 0 Å². The maximum Gasteiger partial charge on any atom is 0.287 e. The normalized spacial score (nSPS) is 13.1. The average molecular weight is 357 g/mol. The molecule has 1 amide bonds. The summed E-state index contributed by atoms with van der Waals surface area (Å²) in [4.78, 5) is 14.1. The van der Waals surface area contributed by atoms with Crippen molar-refractivity contribution in [1.29, 1.82) is 0 Å². The number of para-hydroxylation sites is 1. The van der Waals surface area contributed by atoms with Gasteiger partial charge in [-0.3, -0.25) is 4.79 Å². The zero-order valence-corrected chi connectivity index (χ0v) is 15.8. The van der Waals surface area contributed by atoms with E-state index in [4.69, 9.17) is 9.15 Å². The Hall–Kier alpha value is -2.11. The van der Waals surface area contributed by atoms with E-state index in [1.54, 1.807) is 18.4 Å². The monoisotopic (exact) mass is 357 g/mol. The highest BCUT2D eigenvalue weighted by Crippen LogP contribution is 2.36. The van der Waals surface area contributed by atoms with Gasteiger partial charge in [0.1, 0.15) is 5.58 Å². The molecule has 0 bridgehead atoms. The number of methoxy groups -OCH3 is 1. The van der Waals surface area contributed by atoms with Crippen LogP contribution in [0.3, 0.4) is 0 Å². The Morgan fingerprint density at radius 3 is 2.64 bits per heavy atom.